The molecule has 1 aromatic carbocycles. The van der Waals surface area contributed by atoms with Crippen molar-refractivity contribution in [3.05, 3.63) is 23.3 Å². The van der Waals surface area contributed by atoms with Gasteiger partial charge in [0.15, 0.2) is 0 Å². The molecule has 212 valence electrons. The number of nitrogens with zero attached hydrogens (tertiary/aromatic N) is 2. The highest BCUT2D eigenvalue weighted by Crippen LogP contribution is 2.44. The number of hydrogen-bond acceptors (Lipinski definition) is 6. The zero-order chi connectivity index (χ0) is 28.3. The largest absolute Gasteiger partial charge is 0.473 e. The summed E-state index contributed by atoms with van der Waals surface area (Å²) in [6.07, 6.45) is -2.66. The number of amides is 3. The molecule has 1 aromatic rings. The highest BCUT2D eigenvalue weighted by atomic mass is 19.4. The van der Waals surface area contributed by atoms with Crippen molar-refractivity contribution in [2.24, 2.45) is 0 Å². The molecule has 2 aliphatic rings. The minimum absolute atomic E-state index is 0.0195. The Kier molecular flexibility index (Phi) is 9.30. The van der Waals surface area contributed by atoms with E-state index in [4.69, 9.17) is 4.74 Å². The third kappa shape index (κ3) is 6.06. The van der Waals surface area contributed by atoms with Gasteiger partial charge in [-0.05, 0) is 51.8 Å². The van der Waals surface area contributed by atoms with E-state index in [9.17, 15) is 32.7 Å². The number of aliphatic hydroxyl groups excluding tert-OH is 1. The fourth-order valence-corrected chi connectivity index (χ4v) is 4.84. The first-order chi connectivity index (χ1) is 17.9. The van der Waals surface area contributed by atoms with E-state index in [2.05, 4.69) is 10.6 Å². The molecule has 2 aliphatic heterocycles. The van der Waals surface area contributed by atoms with Gasteiger partial charge in [0.2, 0.25) is 11.5 Å². The Bertz CT molecular complexity index is 1040. The van der Waals surface area contributed by atoms with Crippen LogP contribution in [0, 0.1) is 0 Å². The lowest BCUT2D eigenvalue weighted by molar-refractivity contribution is -0.139. The van der Waals surface area contributed by atoms with Crippen LogP contribution in [0.25, 0.3) is 0 Å². The number of ether oxygens (including phenoxy) is 1. The van der Waals surface area contributed by atoms with Gasteiger partial charge in [0.05, 0.1) is 23.4 Å². The van der Waals surface area contributed by atoms with E-state index in [1.54, 1.807) is 13.8 Å². The third-order valence-electron chi connectivity index (χ3n) is 7.20. The van der Waals surface area contributed by atoms with Crippen molar-refractivity contribution in [1.29, 1.82) is 0 Å². The average Bonchev–Trinajstić information content (AvgIpc) is 2.90. The van der Waals surface area contributed by atoms with Crippen molar-refractivity contribution in [2.45, 2.75) is 77.2 Å². The number of aliphatic hydroxyl groups is 1. The Balaban J connectivity index is 2.14. The van der Waals surface area contributed by atoms with Crippen molar-refractivity contribution in [2.75, 3.05) is 37.7 Å². The third-order valence-corrected chi connectivity index (χ3v) is 7.20. The molecule has 12 heteroatoms. The fourth-order valence-electron chi connectivity index (χ4n) is 4.84. The van der Waals surface area contributed by atoms with Gasteiger partial charge in [-0.1, -0.05) is 13.8 Å². The van der Waals surface area contributed by atoms with Crippen molar-refractivity contribution in [1.82, 2.24) is 15.5 Å². The van der Waals surface area contributed by atoms with Crippen LogP contribution in [0.3, 0.4) is 0 Å². The van der Waals surface area contributed by atoms with Gasteiger partial charge in [-0.15, -0.1) is 0 Å². The average molecular weight is 543 g/mol. The lowest BCUT2D eigenvalue weighted by Gasteiger charge is -2.41. The Labute approximate surface area is 220 Å². The number of halogens is 3. The van der Waals surface area contributed by atoms with Crippen LogP contribution in [0.1, 0.15) is 69.3 Å². The van der Waals surface area contributed by atoms with Crippen LogP contribution in [0.4, 0.5) is 18.9 Å². The predicted molar refractivity (Wildman–Crippen MR) is 135 cm³/mol. The van der Waals surface area contributed by atoms with Gasteiger partial charge in [-0.25, -0.2) is 0 Å². The number of rotatable bonds is 9. The molecular formula is C26H37F3N4O5. The molecule has 0 saturated carbocycles. The number of piperidine rings is 1. The summed E-state index contributed by atoms with van der Waals surface area (Å²) in [5.41, 5.74) is -3.60. The molecule has 1 fully saturated rings. The van der Waals surface area contributed by atoms with Gasteiger partial charge in [0, 0.05) is 38.1 Å². The van der Waals surface area contributed by atoms with E-state index < -0.39 is 41.3 Å². The van der Waals surface area contributed by atoms with E-state index >= 15 is 0 Å². The second-order valence-electron chi connectivity index (χ2n) is 9.98. The number of alkyl halides is 3. The zero-order valence-corrected chi connectivity index (χ0v) is 22.3. The first-order valence-electron chi connectivity index (χ1n) is 13.0. The summed E-state index contributed by atoms with van der Waals surface area (Å²) >= 11 is 0. The summed E-state index contributed by atoms with van der Waals surface area (Å²) in [6, 6.07) is 1.19. The van der Waals surface area contributed by atoms with Gasteiger partial charge in [0.1, 0.15) is 5.75 Å². The highest BCUT2D eigenvalue weighted by Gasteiger charge is 2.47. The number of nitrogens with one attached hydrogen (secondary N) is 2. The maximum absolute atomic E-state index is 14.3. The molecule has 0 spiro atoms. The first-order valence-corrected chi connectivity index (χ1v) is 13.0. The molecule has 2 heterocycles. The van der Waals surface area contributed by atoms with Gasteiger partial charge >= 0.3 is 6.18 Å². The molecule has 0 aromatic heterocycles. The van der Waals surface area contributed by atoms with Gasteiger partial charge < -0.3 is 30.3 Å². The van der Waals surface area contributed by atoms with Crippen molar-refractivity contribution >= 4 is 23.4 Å². The smallest absolute Gasteiger partial charge is 0.417 e. The zero-order valence-electron chi connectivity index (χ0n) is 22.3. The van der Waals surface area contributed by atoms with Crippen LogP contribution < -0.4 is 20.3 Å². The molecule has 1 saturated heterocycles. The SMILES string of the molecule is CCC(=O)NCCN1C(=O)C(C)(CO)Oc2cc(C(F)(F)F)c(C(=O)N(C(C)CC)[C@@H]3CCCNC3)cc21. The quantitative estimate of drug-likeness (QED) is 0.443. The van der Waals surface area contributed by atoms with Crippen molar-refractivity contribution in [3.8, 4) is 5.75 Å². The summed E-state index contributed by atoms with van der Waals surface area (Å²) in [5, 5.41) is 15.7. The number of benzene rings is 1. The standard InChI is InChI=1S/C26H37F3N4O5/c1-5-16(3)33(17-8-7-9-30-14-17)23(36)18-12-20-21(13-19(18)26(27,28)29)38-25(4,15-34)24(37)32(20)11-10-31-22(35)6-2/h12-13,16-17,30,34H,5-11,14-15H2,1-4H3,(H,31,35)/t16?,17-,25?/m1/s1. The maximum Gasteiger partial charge on any atom is 0.417 e. The molecular weight excluding hydrogens is 505 g/mol. The van der Waals surface area contributed by atoms with E-state index in [-0.39, 0.29) is 48.9 Å². The normalized spacial score (nSPS) is 22.4. The summed E-state index contributed by atoms with van der Waals surface area (Å²) in [5.74, 6) is -2.00. The Hall–Kier alpha value is -2.86. The minimum Gasteiger partial charge on any atom is -0.473 e. The summed E-state index contributed by atoms with van der Waals surface area (Å²) < 4.78 is 48.6. The second kappa shape index (κ2) is 11.9. The number of carbonyl (C=O) groups excluding carboxylic acids is 3. The van der Waals surface area contributed by atoms with E-state index in [0.29, 0.717) is 19.4 Å². The molecule has 3 atom stereocenters. The predicted octanol–water partition coefficient (Wildman–Crippen LogP) is 2.70. The maximum atomic E-state index is 14.3. The Morgan fingerprint density at radius 2 is 2.05 bits per heavy atom. The number of anilines is 1. The van der Waals surface area contributed by atoms with E-state index in [1.807, 2.05) is 6.92 Å². The van der Waals surface area contributed by atoms with Crippen LogP contribution >= 0.6 is 0 Å². The van der Waals surface area contributed by atoms with E-state index in [1.165, 1.54) is 11.8 Å². The molecule has 0 aliphatic carbocycles. The molecule has 9 nitrogen and oxygen atoms in total. The number of carbonyl (C=O) groups is 3. The minimum atomic E-state index is -4.88. The first kappa shape index (κ1) is 29.7. The van der Waals surface area contributed by atoms with Crippen LogP contribution in [0.15, 0.2) is 12.1 Å². The summed E-state index contributed by atoms with van der Waals surface area (Å²) in [7, 11) is 0. The Morgan fingerprint density at radius 1 is 1.34 bits per heavy atom. The number of hydrogen-bond donors (Lipinski definition) is 3. The van der Waals surface area contributed by atoms with Crippen molar-refractivity contribution < 1.29 is 37.4 Å². The molecule has 3 N–H and O–H groups in total. The molecule has 0 bridgehead atoms. The van der Waals surface area contributed by atoms with Crippen LogP contribution in [0.2, 0.25) is 0 Å². The molecule has 3 rings (SSSR count). The summed E-state index contributed by atoms with van der Waals surface area (Å²) in [4.78, 5) is 41.6. The van der Waals surface area contributed by atoms with Gasteiger partial charge in [0.25, 0.3) is 11.8 Å². The topological polar surface area (TPSA) is 111 Å². The number of fused-ring (bicyclic) bond motifs is 1. The van der Waals surface area contributed by atoms with Crippen LogP contribution in [0.5, 0.6) is 5.75 Å². The molecule has 38 heavy (non-hydrogen) atoms. The molecule has 2 unspecified atom stereocenters. The molecule has 0 radical (unpaired) electrons. The second-order valence-corrected chi connectivity index (χ2v) is 9.98. The van der Waals surface area contributed by atoms with Gasteiger partial charge in [-0.3, -0.25) is 14.4 Å². The van der Waals surface area contributed by atoms with Crippen molar-refractivity contribution in [3.63, 3.8) is 0 Å². The highest BCUT2D eigenvalue weighted by molar-refractivity contribution is 6.05. The summed E-state index contributed by atoms with van der Waals surface area (Å²) in [6.45, 7) is 7.03. The monoisotopic (exact) mass is 542 g/mol. The van der Waals surface area contributed by atoms with E-state index in [0.717, 1.165) is 30.0 Å². The Morgan fingerprint density at radius 3 is 2.61 bits per heavy atom. The van der Waals surface area contributed by atoms with Crippen LogP contribution in [-0.4, -0.2) is 78.2 Å². The lowest BCUT2D eigenvalue weighted by Crippen LogP contribution is -2.58. The lowest BCUT2D eigenvalue weighted by atomic mass is 9.96. The van der Waals surface area contributed by atoms with Gasteiger partial charge in [-0.2, -0.15) is 13.2 Å². The molecule has 3 amide bonds. The van der Waals surface area contributed by atoms with Crippen LogP contribution in [-0.2, 0) is 15.8 Å². The fraction of sp³-hybridized carbons (Fsp3) is 0.654.